The van der Waals surface area contributed by atoms with Gasteiger partial charge < -0.3 is 4.74 Å². The molecule has 1 atom stereocenters. The van der Waals surface area contributed by atoms with Crippen molar-refractivity contribution in [1.82, 2.24) is 10.4 Å². The van der Waals surface area contributed by atoms with Gasteiger partial charge in [-0.15, -0.1) is 0 Å². The molecule has 0 fully saturated rings. The fourth-order valence-electron chi connectivity index (χ4n) is 1.95. The highest BCUT2D eigenvalue weighted by Gasteiger charge is 2.16. The fourth-order valence-corrected chi connectivity index (χ4v) is 1.95. The van der Waals surface area contributed by atoms with Gasteiger partial charge in [-0.3, -0.25) is 10.8 Å². The first-order valence-electron chi connectivity index (χ1n) is 5.78. The SMILES string of the molecule is COc1cccc(C(NN)c2ncccc2C)c1. The molecule has 0 amide bonds. The zero-order chi connectivity index (χ0) is 13.0. The second-order valence-corrected chi connectivity index (χ2v) is 4.08. The van der Waals surface area contributed by atoms with Crippen LogP contribution in [0.3, 0.4) is 0 Å². The lowest BCUT2D eigenvalue weighted by Gasteiger charge is -2.18. The quantitative estimate of drug-likeness (QED) is 0.636. The van der Waals surface area contributed by atoms with Crippen LogP contribution in [0, 0.1) is 6.92 Å². The number of hydrogen-bond donors (Lipinski definition) is 2. The van der Waals surface area contributed by atoms with E-state index in [9.17, 15) is 0 Å². The molecule has 0 radical (unpaired) electrons. The van der Waals surface area contributed by atoms with Gasteiger partial charge in [0.05, 0.1) is 18.8 Å². The largest absolute Gasteiger partial charge is 0.497 e. The van der Waals surface area contributed by atoms with Crippen LogP contribution in [-0.2, 0) is 0 Å². The second-order valence-electron chi connectivity index (χ2n) is 4.08. The summed E-state index contributed by atoms with van der Waals surface area (Å²) in [5.74, 6) is 6.47. The summed E-state index contributed by atoms with van der Waals surface area (Å²) in [6, 6.07) is 11.6. The number of ether oxygens (including phenoxy) is 1. The van der Waals surface area contributed by atoms with Gasteiger partial charge in [-0.25, -0.2) is 5.43 Å². The first kappa shape index (κ1) is 12.5. The Labute approximate surface area is 107 Å². The Balaban J connectivity index is 2.42. The lowest BCUT2D eigenvalue weighted by atomic mass is 10.0. The maximum atomic E-state index is 5.67. The van der Waals surface area contributed by atoms with Crippen molar-refractivity contribution in [2.45, 2.75) is 13.0 Å². The van der Waals surface area contributed by atoms with Crippen molar-refractivity contribution in [3.63, 3.8) is 0 Å². The van der Waals surface area contributed by atoms with Crippen molar-refractivity contribution >= 4 is 0 Å². The van der Waals surface area contributed by atoms with E-state index in [1.807, 2.05) is 43.3 Å². The Morgan fingerprint density at radius 1 is 1.28 bits per heavy atom. The summed E-state index contributed by atoms with van der Waals surface area (Å²) in [6.07, 6.45) is 1.77. The summed E-state index contributed by atoms with van der Waals surface area (Å²) < 4.78 is 5.23. The first-order valence-corrected chi connectivity index (χ1v) is 5.78. The fraction of sp³-hybridized carbons (Fsp3) is 0.214. The lowest BCUT2D eigenvalue weighted by molar-refractivity contribution is 0.413. The third-order valence-corrected chi connectivity index (χ3v) is 2.92. The number of rotatable bonds is 4. The van der Waals surface area contributed by atoms with Crippen LogP contribution in [0.25, 0.3) is 0 Å². The van der Waals surface area contributed by atoms with Crippen LogP contribution >= 0.6 is 0 Å². The molecule has 1 aromatic heterocycles. The molecule has 18 heavy (non-hydrogen) atoms. The number of hydrazine groups is 1. The number of methoxy groups -OCH3 is 1. The number of aryl methyl sites for hydroxylation is 1. The van der Waals surface area contributed by atoms with Crippen LogP contribution in [0.4, 0.5) is 0 Å². The smallest absolute Gasteiger partial charge is 0.119 e. The van der Waals surface area contributed by atoms with E-state index in [0.29, 0.717) is 0 Å². The third kappa shape index (κ3) is 2.50. The Bertz CT molecular complexity index is 528. The Hall–Kier alpha value is -1.91. The second kappa shape index (κ2) is 5.62. The summed E-state index contributed by atoms with van der Waals surface area (Å²) in [5, 5.41) is 0. The van der Waals surface area contributed by atoms with Crippen LogP contribution in [0.15, 0.2) is 42.6 Å². The molecule has 0 bridgehead atoms. The van der Waals surface area contributed by atoms with Crippen molar-refractivity contribution in [2.75, 3.05) is 7.11 Å². The van der Waals surface area contributed by atoms with Crippen LogP contribution in [-0.4, -0.2) is 12.1 Å². The average molecular weight is 243 g/mol. The van der Waals surface area contributed by atoms with Gasteiger partial charge in [0.15, 0.2) is 0 Å². The van der Waals surface area contributed by atoms with Gasteiger partial charge in [0.25, 0.3) is 0 Å². The van der Waals surface area contributed by atoms with Crippen molar-refractivity contribution in [1.29, 1.82) is 0 Å². The maximum Gasteiger partial charge on any atom is 0.119 e. The van der Waals surface area contributed by atoms with Gasteiger partial charge in [-0.2, -0.15) is 0 Å². The molecule has 1 heterocycles. The molecule has 3 N–H and O–H groups in total. The molecule has 0 aliphatic rings. The summed E-state index contributed by atoms with van der Waals surface area (Å²) in [4.78, 5) is 4.40. The number of aromatic nitrogens is 1. The van der Waals surface area contributed by atoms with E-state index in [1.54, 1.807) is 13.3 Å². The average Bonchev–Trinajstić information content (AvgIpc) is 2.42. The molecule has 2 aromatic rings. The summed E-state index contributed by atoms with van der Waals surface area (Å²) in [5.41, 5.74) is 5.86. The molecule has 2 rings (SSSR count). The van der Waals surface area contributed by atoms with E-state index in [0.717, 1.165) is 22.6 Å². The number of benzene rings is 1. The molecule has 0 spiro atoms. The standard InChI is InChI=1S/C14H17N3O/c1-10-5-4-8-16-13(10)14(17-15)11-6-3-7-12(9-11)18-2/h3-9,14,17H,15H2,1-2H3. The Kier molecular flexibility index (Phi) is 3.92. The predicted octanol–water partition coefficient (Wildman–Crippen LogP) is 1.95. The van der Waals surface area contributed by atoms with Crippen LogP contribution < -0.4 is 16.0 Å². The van der Waals surface area contributed by atoms with Gasteiger partial charge in [-0.1, -0.05) is 18.2 Å². The highest BCUT2D eigenvalue weighted by Crippen LogP contribution is 2.24. The van der Waals surface area contributed by atoms with Gasteiger partial charge in [0, 0.05) is 6.20 Å². The highest BCUT2D eigenvalue weighted by molar-refractivity contribution is 5.36. The number of hydrogen-bond acceptors (Lipinski definition) is 4. The van der Waals surface area contributed by atoms with Gasteiger partial charge in [0.2, 0.25) is 0 Å². The number of nitrogens with one attached hydrogen (secondary N) is 1. The van der Waals surface area contributed by atoms with E-state index in [-0.39, 0.29) is 6.04 Å². The summed E-state index contributed by atoms with van der Waals surface area (Å²) in [6.45, 7) is 2.02. The minimum Gasteiger partial charge on any atom is -0.497 e. The van der Waals surface area contributed by atoms with Crippen LogP contribution in [0.1, 0.15) is 22.9 Å². The van der Waals surface area contributed by atoms with E-state index < -0.39 is 0 Å². The van der Waals surface area contributed by atoms with Gasteiger partial charge in [-0.05, 0) is 36.2 Å². The topological polar surface area (TPSA) is 60.2 Å². The van der Waals surface area contributed by atoms with E-state index in [4.69, 9.17) is 10.6 Å². The lowest BCUT2D eigenvalue weighted by Crippen LogP contribution is -2.30. The van der Waals surface area contributed by atoms with Gasteiger partial charge in [0.1, 0.15) is 5.75 Å². The Morgan fingerprint density at radius 2 is 2.11 bits per heavy atom. The normalized spacial score (nSPS) is 12.2. The number of pyridine rings is 1. The number of nitrogens with two attached hydrogens (primary N) is 1. The molecule has 0 aliphatic heterocycles. The molecule has 0 saturated heterocycles. The number of nitrogens with zero attached hydrogens (tertiary/aromatic N) is 1. The molecule has 4 heteroatoms. The zero-order valence-electron chi connectivity index (χ0n) is 10.6. The molecule has 94 valence electrons. The first-order chi connectivity index (χ1) is 8.76. The van der Waals surface area contributed by atoms with Gasteiger partial charge >= 0.3 is 0 Å². The molecular formula is C14H17N3O. The van der Waals surface area contributed by atoms with E-state index >= 15 is 0 Å². The Morgan fingerprint density at radius 3 is 2.78 bits per heavy atom. The minimum absolute atomic E-state index is 0.138. The molecule has 1 unspecified atom stereocenters. The van der Waals surface area contributed by atoms with Crippen LogP contribution in [0.5, 0.6) is 5.75 Å². The van der Waals surface area contributed by atoms with Crippen molar-refractivity contribution in [3.05, 3.63) is 59.4 Å². The van der Waals surface area contributed by atoms with Crippen LogP contribution in [0.2, 0.25) is 0 Å². The summed E-state index contributed by atoms with van der Waals surface area (Å²) >= 11 is 0. The predicted molar refractivity (Wildman–Crippen MR) is 71.1 cm³/mol. The maximum absolute atomic E-state index is 5.67. The third-order valence-electron chi connectivity index (χ3n) is 2.92. The van der Waals surface area contributed by atoms with Crippen molar-refractivity contribution < 1.29 is 4.74 Å². The molecular weight excluding hydrogens is 226 g/mol. The molecule has 0 aliphatic carbocycles. The van der Waals surface area contributed by atoms with E-state index in [1.165, 1.54) is 0 Å². The highest BCUT2D eigenvalue weighted by atomic mass is 16.5. The molecule has 1 aromatic carbocycles. The minimum atomic E-state index is -0.138. The zero-order valence-corrected chi connectivity index (χ0v) is 10.6. The van der Waals surface area contributed by atoms with Crippen molar-refractivity contribution in [3.8, 4) is 5.75 Å². The summed E-state index contributed by atoms with van der Waals surface area (Å²) in [7, 11) is 1.65. The van der Waals surface area contributed by atoms with E-state index in [2.05, 4.69) is 10.4 Å². The molecule has 4 nitrogen and oxygen atoms in total. The van der Waals surface area contributed by atoms with Crippen molar-refractivity contribution in [2.24, 2.45) is 5.84 Å². The monoisotopic (exact) mass is 243 g/mol. The molecule has 0 saturated carbocycles.